The van der Waals surface area contributed by atoms with E-state index in [1.165, 1.54) is 16.7 Å². The molecular formula is C36H31N3O. The Bertz CT molecular complexity index is 2130. The third-order valence-electron chi connectivity index (χ3n) is 7.94. The van der Waals surface area contributed by atoms with Gasteiger partial charge in [-0.05, 0) is 85.5 Å². The maximum atomic E-state index is 6.59. The van der Waals surface area contributed by atoms with Gasteiger partial charge in [0.15, 0.2) is 5.58 Å². The van der Waals surface area contributed by atoms with Gasteiger partial charge >= 0.3 is 0 Å². The van der Waals surface area contributed by atoms with Crippen LogP contribution < -0.4 is 0 Å². The Morgan fingerprint density at radius 1 is 0.650 bits per heavy atom. The number of benzene rings is 3. The predicted octanol–water partition coefficient (Wildman–Crippen LogP) is 9.63. The second-order valence-electron chi connectivity index (χ2n) is 11.9. The van der Waals surface area contributed by atoms with Crippen LogP contribution in [0.1, 0.15) is 43.3 Å². The number of hydrogen-bond acceptors (Lipinski definition) is 4. The summed E-state index contributed by atoms with van der Waals surface area (Å²) in [5, 5.41) is 4.36. The molecule has 0 radical (unpaired) electrons. The molecular weight excluding hydrogens is 490 g/mol. The molecule has 4 nitrogen and oxygen atoms in total. The second kappa shape index (κ2) is 8.72. The van der Waals surface area contributed by atoms with Gasteiger partial charge in [0.1, 0.15) is 11.1 Å². The quantitative estimate of drug-likeness (QED) is 0.227. The second-order valence-corrected chi connectivity index (χ2v) is 11.9. The van der Waals surface area contributed by atoms with Crippen LogP contribution in [0.4, 0.5) is 0 Å². The fraction of sp³-hybridized carbons (Fsp3) is 0.194. The molecule has 0 bridgehead atoms. The molecule has 40 heavy (non-hydrogen) atoms. The zero-order chi connectivity index (χ0) is 27.8. The summed E-state index contributed by atoms with van der Waals surface area (Å²) in [6, 6.07) is 25.7. The van der Waals surface area contributed by atoms with Crippen molar-refractivity contribution in [2.45, 2.75) is 47.0 Å². The van der Waals surface area contributed by atoms with E-state index in [2.05, 4.69) is 101 Å². The van der Waals surface area contributed by atoms with Crippen LogP contribution in [0, 0.1) is 20.8 Å². The first-order valence-corrected chi connectivity index (χ1v) is 13.8. The molecule has 0 spiro atoms. The Morgan fingerprint density at radius 3 is 2.23 bits per heavy atom. The molecule has 196 valence electrons. The van der Waals surface area contributed by atoms with Gasteiger partial charge in [-0.15, -0.1) is 0 Å². The van der Waals surface area contributed by atoms with Crippen molar-refractivity contribution >= 4 is 43.7 Å². The van der Waals surface area contributed by atoms with Gasteiger partial charge in [-0.1, -0.05) is 51.1 Å². The lowest BCUT2D eigenvalue weighted by atomic mass is 9.90. The van der Waals surface area contributed by atoms with Crippen LogP contribution in [0.2, 0.25) is 0 Å². The van der Waals surface area contributed by atoms with Crippen molar-refractivity contribution in [2.75, 3.05) is 0 Å². The van der Waals surface area contributed by atoms with Gasteiger partial charge < -0.3 is 4.42 Å². The van der Waals surface area contributed by atoms with Crippen molar-refractivity contribution in [3.05, 3.63) is 102 Å². The maximum Gasteiger partial charge on any atom is 0.161 e. The first kappa shape index (κ1) is 24.5. The Kier molecular flexibility index (Phi) is 5.33. The number of fused-ring (bicyclic) bond motifs is 6. The molecule has 3 aromatic carbocycles. The number of rotatable bonds is 2. The number of hydrogen-bond donors (Lipinski definition) is 0. The van der Waals surface area contributed by atoms with E-state index in [1.54, 1.807) is 0 Å². The molecule has 0 N–H and O–H groups in total. The summed E-state index contributed by atoms with van der Waals surface area (Å²) in [7, 11) is 0. The Balaban J connectivity index is 1.41. The summed E-state index contributed by atoms with van der Waals surface area (Å²) in [6.07, 6.45) is 1.97. The van der Waals surface area contributed by atoms with E-state index < -0.39 is 0 Å². The van der Waals surface area contributed by atoms with Gasteiger partial charge in [0, 0.05) is 50.1 Å². The molecule has 0 aliphatic rings. The molecule has 0 aliphatic heterocycles. The number of aromatic nitrogens is 3. The fourth-order valence-electron chi connectivity index (χ4n) is 5.68. The molecule has 4 heterocycles. The van der Waals surface area contributed by atoms with E-state index in [4.69, 9.17) is 19.4 Å². The number of para-hydroxylation sites is 1. The Hall–Kier alpha value is -4.57. The number of furan rings is 1. The van der Waals surface area contributed by atoms with Crippen molar-refractivity contribution in [1.82, 2.24) is 15.0 Å². The molecule has 0 atom stereocenters. The molecule has 4 heteroatoms. The van der Waals surface area contributed by atoms with Crippen LogP contribution in [-0.4, -0.2) is 15.0 Å². The minimum atomic E-state index is 0.0101. The van der Waals surface area contributed by atoms with Crippen LogP contribution in [-0.2, 0) is 5.41 Å². The minimum Gasteiger partial charge on any atom is -0.453 e. The topological polar surface area (TPSA) is 51.8 Å². The van der Waals surface area contributed by atoms with Crippen LogP contribution in [0.25, 0.3) is 66.1 Å². The highest BCUT2D eigenvalue weighted by Crippen LogP contribution is 2.39. The van der Waals surface area contributed by atoms with Crippen molar-refractivity contribution in [2.24, 2.45) is 0 Å². The highest BCUT2D eigenvalue weighted by Gasteiger charge is 2.19. The van der Waals surface area contributed by atoms with E-state index in [9.17, 15) is 0 Å². The zero-order valence-electron chi connectivity index (χ0n) is 23.8. The fourth-order valence-corrected chi connectivity index (χ4v) is 5.68. The lowest BCUT2D eigenvalue weighted by Crippen LogP contribution is -2.13. The zero-order valence-corrected chi connectivity index (χ0v) is 23.8. The van der Waals surface area contributed by atoms with Crippen molar-refractivity contribution in [3.8, 4) is 22.4 Å². The monoisotopic (exact) mass is 521 g/mol. The van der Waals surface area contributed by atoms with Gasteiger partial charge in [-0.2, -0.15) is 0 Å². The molecule has 7 rings (SSSR count). The van der Waals surface area contributed by atoms with E-state index in [-0.39, 0.29) is 5.41 Å². The standard InChI is InChI=1S/C36H31N3O/c1-20-16-30-24(13-15-32(39-30)36(4,5)6)17-28(20)29-18-31(37-19-21(29)2)27-9-7-8-25-26-14-12-23-11-10-22(3)38-33(23)35(26)40-34(25)27/h7-19H,1-6H3. The highest BCUT2D eigenvalue weighted by atomic mass is 16.3. The molecule has 0 amide bonds. The average Bonchev–Trinajstić information content (AvgIpc) is 3.32. The lowest BCUT2D eigenvalue weighted by molar-refractivity contribution is 0.571. The summed E-state index contributed by atoms with van der Waals surface area (Å²) in [4.78, 5) is 14.7. The number of nitrogens with zero attached hydrogens (tertiary/aromatic N) is 3. The molecule has 0 fully saturated rings. The predicted molar refractivity (Wildman–Crippen MR) is 166 cm³/mol. The number of aryl methyl sites for hydroxylation is 3. The van der Waals surface area contributed by atoms with Gasteiger partial charge in [0.2, 0.25) is 0 Å². The normalized spacial score (nSPS) is 12.2. The summed E-state index contributed by atoms with van der Waals surface area (Å²) >= 11 is 0. The molecule has 7 aromatic rings. The Morgan fingerprint density at radius 2 is 1.40 bits per heavy atom. The van der Waals surface area contributed by atoms with E-state index in [0.717, 1.165) is 72.0 Å². The van der Waals surface area contributed by atoms with Crippen molar-refractivity contribution in [1.29, 1.82) is 0 Å². The van der Waals surface area contributed by atoms with Gasteiger partial charge in [0.25, 0.3) is 0 Å². The van der Waals surface area contributed by atoms with Crippen LogP contribution in [0.15, 0.2) is 83.4 Å². The third kappa shape index (κ3) is 3.86. The smallest absolute Gasteiger partial charge is 0.161 e. The van der Waals surface area contributed by atoms with Crippen LogP contribution in [0.5, 0.6) is 0 Å². The minimum absolute atomic E-state index is 0.0101. The lowest BCUT2D eigenvalue weighted by Gasteiger charge is -2.19. The summed E-state index contributed by atoms with van der Waals surface area (Å²) in [5.41, 5.74) is 12.2. The molecule has 0 saturated heterocycles. The van der Waals surface area contributed by atoms with Crippen LogP contribution in [0.3, 0.4) is 0 Å². The third-order valence-corrected chi connectivity index (χ3v) is 7.94. The van der Waals surface area contributed by atoms with Gasteiger partial charge in [-0.25, -0.2) is 4.98 Å². The van der Waals surface area contributed by atoms with Gasteiger partial charge in [0.05, 0.1) is 11.2 Å². The first-order valence-electron chi connectivity index (χ1n) is 13.8. The SMILES string of the molecule is Cc1ccc2ccc3c4cccc(-c5cc(-c6cc7ccc(C(C)(C)C)nc7cc6C)c(C)cn5)c4oc3c2n1. The van der Waals surface area contributed by atoms with Crippen molar-refractivity contribution < 1.29 is 4.42 Å². The first-order chi connectivity index (χ1) is 19.2. The molecule has 0 unspecified atom stereocenters. The van der Waals surface area contributed by atoms with Gasteiger partial charge in [-0.3, -0.25) is 9.97 Å². The summed E-state index contributed by atoms with van der Waals surface area (Å²) in [5.74, 6) is 0. The number of pyridine rings is 3. The van der Waals surface area contributed by atoms with E-state index in [0.29, 0.717) is 0 Å². The highest BCUT2D eigenvalue weighted by molar-refractivity contribution is 6.16. The van der Waals surface area contributed by atoms with E-state index in [1.807, 2.05) is 19.2 Å². The largest absolute Gasteiger partial charge is 0.453 e. The van der Waals surface area contributed by atoms with Crippen molar-refractivity contribution in [3.63, 3.8) is 0 Å². The molecule has 0 saturated carbocycles. The average molecular weight is 522 g/mol. The maximum absolute atomic E-state index is 6.59. The summed E-state index contributed by atoms with van der Waals surface area (Å²) < 4.78 is 6.59. The molecule has 0 aliphatic carbocycles. The van der Waals surface area contributed by atoms with E-state index >= 15 is 0 Å². The Labute approximate surface area is 233 Å². The summed E-state index contributed by atoms with van der Waals surface area (Å²) in [6.45, 7) is 12.9. The van der Waals surface area contributed by atoms with Crippen LogP contribution >= 0.6 is 0 Å². The molecule has 4 aromatic heterocycles.